The summed E-state index contributed by atoms with van der Waals surface area (Å²) < 4.78 is 4.51. The standard InChI is InChI=1S/C10H11NO4S/c1-15-9(14)10(6-12,8(13)4-11)7-2-3-16-5-7/h2-3,5-6H,4,11H2,1H3. The molecular formula is C10H11NO4S. The molecule has 0 spiro atoms. The summed E-state index contributed by atoms with van der Waals surface area (Å²) in [6.07, 6.45) is 0.288. The molecule has 16 heavy (non-hydrogen) atoms. The van der Waals surface area contributed by atoms with Crippen LogP contribution in [0.15, 0.2) is 16.8 Å². The molecule has 0 aliphatic rings. The number of aldehydes is 1. The van der Waals surface area contributed by atoms with Gasteiger partial charge in [-0.15, -0.1) is 0 Å². The van der Waals surface area contributed by atoms with Gasteiger partial charge in [0.1, 0.15) is 6.29 Å². The predicted molar refractivity (Wildman–Crippen MR) is 58.1 cm³/mol. The van der Waals surface area contributed by atoms with Crippen molar-refractivity contribution in [2.75, 3.05) is 13.7 Å². The summed E-state index contributed by atoms with van der Waals surface area (Å²) in [7, 11) is 1.12. The number of rotatable bonds is 5. The molecule has 1 atom stereocenters. The van der Waals surface area contributed by atoms with E-state index in [0.29, 0.717) is 5.56 Å². The lowest BCUT2D eigenvalue weighted by atomic mass is 9.79. The maximum absolute atomic E-state index is 11.7. The second-order valence-electron chi connectivity index (χ2n) is 3.06. The Kier molecular flexibility index (Phi) is 3.92. The Morgan fingerprint density at radius 1 is 1.62 bits per heavy atom. The maximum Gasteiger partial charge on any atom is 0.331 e. The van der Waals surface area contributed by atoms with Crippen molar-refractivity contribution in [1.29, 1.82) is 0 Å². The highest BCUT2D eigenvalue weighted by molar-refractivity contribution is 7.08. The lowest BCUT2D eigenvalue weighted by Crippen LogP contribution is -2.48. The predicted octanol–water partition coefficient (Wildman–Crippen LogP) is -0.114. The number of carbonyl (C=O) groups excluding carboxylic acids is 3. The van der Waals surface area contributed by atoms with Crippen molar-refractivity contribution in [2.24, 2.45) is 5.73 Å². The molecule has 1 unspecified atom stereocenters. The average molecular weight is 241 g/mol. The van der Waals surface area contributed by atoms with Crippen LogP contribution >= 0.6 is 11.3 Å². The molecule has 5 nitrogen and oxygen atoms in total. The van der Waals surface area contributed by atoms with Crippen molar-refractivity contribution < 1.29 is 19.1 Å². The van der Waals surface area contributed by atoms with E-state index < -0.39 is 23.7 Å². The summed E-state index contributed by atoms with van der Waals surface area (Å²) in [6.45, 7) is -0.399. The number of methoxy groups -OCH3 is 1. The zero-order chi connectivity index (χ0) is 12.2. The molecule has 0 saturated heterocycles. The Balaban J connectivity index is 3.35. The van der Waals surface area contributed by atoms with E-state index in [1.807, 2.05) is 0 Å². The second-order valence-corrected chi connectivity index (χ2v) is 3.84. The molecule has 0 saturated carbocycles. The third-order valence-corrected chi connectivity index (χ3v) is 2.97. The number of ketones is 1. The van der Waals surface area contributed by atoms with Gasteiger partial charge < -0.3 is 15.3 Å². The summed E-state index contributed by atoms with van der Waals surface area (Å²) in [5.41, 5.74) is 3.61. The van der Waals surface area contributed by atoms with Crippen LogP contribution in [0.2, 0.25) is 0 Å². The van der Waals surface area contributed by atoms with Gasteiger partial charge in [0.25, 0.3) is 0 Å². The van der Waals surface area contributed by atoms with E-state index in [1.165, 1.54) is 17.4 Å². The molecule has 2 N–H and O–H groups in total. The molecule has 1 aromatic rings. The quantitative estimate of drug-likeness (QED) is 0.441. The number of thiophene rings is 1. The normalized spacial score (nSPS) is 13.9. The van der Waals surface area contributed by atoms with Gasteiger partial charge >= 0.3 is 5.97 Å². The van der Waals surface area contributed by atoms with Gasteiger partial charge in [0.05, 0.1) is 13.7 Å². The van der Waals surface area contributed by atoms with Crippen LogP contribution in [0.25, 0.3) is 0 Å². The van der Waals surface area contributed by atoms with E-state index in [-0.39, 0.29) is 6.29 Å². The van der Waals surface area contributed by atoms with Crippen molar-refractivity contribution in [3.8, 4) is 0 Å². The fourth-order valence-corrected chi connectivity index (χ4v) is 2.10. The minimum atomic E-state index is -1.91. The molecular weight excluding hydrogens is 230 g/mol. The van der Waals surface area contributed by atoms with E-state index in [1.54, 1.807) is 10.8 Å². The summed E-state index contributed by atoms with van der Waals surface area (Å²) in [6, 6.07) is 1.53. The van der Waals surface area contributed by atoms with E-state index in [4.69, 9.17) is 5.73 Å². The Labute approximate surface area is 96.2 Å². The first kappa shape index (κ1) is 12.5. The smallest absolute Gasteiger partial charge is 0.331 e. The first-order valence-electron chi connectivity index (χ1n) is 4.44. The van der Waals surface area contributed by atoms with Crippen molar-refractivity contribution in [1.82, 2.24) is 0 Å². The molecule has 0 bridgehead atoms. The third-order valence-electron chi connectivity index (χ3n) is 2.29. The fourth-order valence-electron chi connectivity index (χ4n) is 1.39. The van der Waals surface area contributed by atoms with E-state index in [9.17, 15) is 14.4 Å². The SMILES string of the molecule is COC(=O)C(C=O)(C(=O)CN)c1ccsc1. The Hall–Kier alpha value is -1.53. The lowest BCUT2D eigenvalue weighted by molar-refractivity contribution is -0.153. The number of nitrogens with two attached hydrogens (primary N) is 1. The number of esters is 1. The molecule has 0 fully saturated rings. The topological polar surface area (TPSA) is 86.5 Å². The number of hydrogen-bond acceptors (Lipinski definition) is 6. The molecule has 0 radical (unpaired) electrons. The Bertz CT molecular complexity index is 383. The highest BCUT2D eigenvalue weighted by Gasteiger charge is 2.48. The second kappa shape index (κ2) is 5.00. The monoisotopic (exact) mass is 241 g/mol. The zero-order valence-corrected chi connectivity index (χ0v) is 9.45. The average Bonchev–Trinajstić information content (AvgIpc) is 2.84. The van der Waals surface area contributed by atoms with Crippen molar-refractivity contribution in [3.63, 3.8) is 0 Å². The van der Waals surface area contributed by atoms with Crippen LogP contribution in [-0.2, 0) is 24.5 Å². The van der Waals surface area contributed by atoms with E-state index in [0.717, 1.165) is 7.11 Å². The van der Waals surface area contributed by atoms with Gasteiger partial charge in [-0.3, -0.25) is 9.59 Å². The number of Topliss-reactive ketones (excluding diaryl/α,β-unsaturated/α-hetero) is 1. The van der Waals surface area contributed by atoms with Crippen molar-refractivity contribution in [2.45, 2.75) is 5.41 Å². The number of hydrogen-bond donors (Lipinski definition) is 1. The highest BCUT2D eigenvalue weighted by Crippen LogP contribution is 2.26. The molecule has 0 aliphatic carbocycles. The highest BCUT2D eigenvalue weighted by atomic mass is 32.1. The first-order chi connectivity index (χ1) is 7.63. The van der Waals surface area contributed by atoms with Crippen LogP contribution in [-0.4, -0.2) is 31.7 Å². The van der Waals surface area contributed by atoms with Gasteiger partial charge in [-0.05, 0) is 22.4 Å². The van der Waals surface area contributed by atoms with Gasteiger partial charge in [-0.1, -0.05) is 0 Å². The minimum absolute atomic E-state index is 0.288. The lowest BCUT2D eigenvalue weighted by Gasteiger charge is -2.21. The number of ether oxygens (including phenoxy) is 1. The molecule has 0 aliphatic heterocycles. The van der Waals surface area contributed by atoms with E-state index >= 15 is 0 Å². The number of carbonyl (C=O) groups is 3. The van der Waals surface area contributed by atoms with Crippen LogP contribution in [0.5, 0.6) is 0 Å². The van der Waals surface area contributed by atoms with Crippen molar-refractivity contribution in [3.05, 3.63) is 22.4 Å². The molecule has 0 aromatic carbocycles. The summed E-state index contributed by atoms with van der Waals surface area (Å²) >= 11 is 1.28. The molecule has 1 heterocycles. The van der Waals surface area contributed by atoms with Gasteiger partial charge in [-0.25, -0.2) is 0 Å². The Morgan fingerprint density at radius 3 is 2.69 bits per heavy atom. The molecule has 6 heteroatoms. The van der Waals surface area contributed by atoms with Crippen LogP contribution < -0.4 is 5.73 Å². The van der Waals surface area contributed by atoms with Crippen LogP contribution in [0.4, 0.5) is 0 Å². The van der Waals surface area contributed by atoms with Gasteiger partial charge in [0.15, 0.2) is 5.78 Å². The minimum Gasteiger partial charge on any atom is -0.468 e. The summed E-state index contributed by atoms with van der Waals surface area (Å²) in [5, 5.41) is 3.22. The first-order valence-corrected chi connectivity index (χ1v) is 5.38. The third kappa shape index (κ3) is 1.77. The van der Waals surface area contributed by atoms with Crippen LogP contribution in [0, 0.1) is 0 Å². The molecule has 1 aromatic heterocycles. The summed E-state index contributed by atoms with van der Waals surface area (Å²) in [4.78, 5) is 34.5. The van der Waals surface area contributed by atoms with Gasteiger partial charge in [0, 0.05) is 0 Å². The Morgan fingerprint density at radius 2 is 2.31 bits per heavy atom. The maximum atomic E-state index is 11.7. The largest absolute Gasteiger partial charge is 0.468 e. The molecule has 0 amide bonds. The summed E-state index contributed by atoms with van der Waals surface area (Å²) in [5.74, 6) is -1.58. The molecule has 1 rings (SSSR count). The van der Waals surface area contributed by atoms with E-state index in [2.05, 4.69) is 4.74 Å². The van der Waals surface area contributed by atoms with Gasteiger partial charge in [0.2, 0.25) is 5.41 Å². The van der Waals surface area contributed by atoms with Gasteiger partial charge in [-0.2, -0.15) is 11.3 Å². The van der Waals surface area contributed by atoms with Crippen LogP contribution in [0.3, 0.4) is 0 Å². The zero-order valence-electron chi connectivity index (χ0n) is 8.64. The molecule has 86 valence electrons. The fraction of sp³-hybridized carbons (Fsp3) is 0.300. The van der Waals surface area contributed by atoms with Crippen molar-refractivity contribution >= 4 is 29.4 Å². The van der Waals surface area contributed by atoms with Crippen LogP contribution in [0.1, 0.15) is 5.56 Å².